The first kappa shape index (κ1) is 17.7. The highest BCUT2D eigenvalue weighted by Crippen LogP contribution is 2.19. The number of aryl methyl sites for hydroxylation is 2. The molecule has 21 heavy (non-hydrogen) atoms. The van der Waals surface area contributed by atoms with E-state index in [1.807, 2.05) is 0 Å². The van der Waals surface area contributed by atoms with E-state index in [4.69, 9.17) is 4.52 Å². The predicted molar refractivity (Wildman–Crippen MR) is 82.8 cm³/mol. The van der Waals surface area contributed by atoms with Gasteiger partial charge in [-0.2, -0.15) is 4.98 Å². The molecule has 0 fully saturated rings. The molecule has 5 nitrogen and oxygen atoms in total. The van der Waals surface area contributed by atoms with Crippen LogP contribution in [0.2, 0.25) is 0 Å². The molecule has 1 amide bonds. The van der Waals surface area contributed by atoms with Gasteiger partial charge in [0.25, 0.3) is 0 Å². The molecule has 1 N–H and O–H groups in total. The first-order valence-electron chi connectivity index (χ1n) is 8.02. The van der Waals surface area contributed by atoms with Gasteiger partial charge >= 0.3 is 0 Å². The molecule has 0 radical (unpaired) electrons. The predicted octanol–water partition coefficient (Wildman–Crippen LogP) is 3.00. The lowest BCUT2D eigenvalue weighted by atomic mass is 9.85. The molecular formula is C16H29N3O2. The Morgan fingerprint density at radius 3 is 2.43 bits per heavy atom. The first-order chi connectivity index (χ1) is 9.93. The third-order valence-electron chi connectivity index (χ3n) is 3.80. The van der Waals surface area contributed by atoms with Crippen molar-refractivity contribution in [3.05, 3.63) is 11.7 Å². The number of hydrogen-bond acceptors (Lipinski definition) is 4. The average molecular weight is 295 g/mol. The molecule has 0 bridgehead atoms. The molecule has 0 aliphatic rings. The van der Waals surface area contributed by atoms with Crippen LogP contribution in [0.25, 0.3) is 0 Å². The van der Waals surface area contributed by atoms with Crippen LogP contribution in [0.4, 0.5) is 0 Å². The summed E-state index contributed by atoms with van der Waals surface area (Å²) in [5, 5.41) is 6.91. The smallest absolute Gasteiger partial charge is 0.227 e. The lowest BCUT2D eigenvalue weighted by Crippen LogP contribution is -2.34. The Morgan fingerprint density at radius 2 is 1.86 bits per heavy atom. The minimum Gasteiger partial charge on any atom is -0.356 e. The molecule has 0 atom stereocenters. The second-order valence-corrected chi connectivity index (χ2v) is 6.31. The van der Waals surface area contributed by atoms with Crippen molar-refractivity contribution in [2.24, 2.45) is 17.8 Å². The fourth-order valence-electron chi connectivity index (χ4n) is 2.50. The summed E-state index contributed by atoms with van der Waals surface area (Å²) in [5.41, 5.74) is 0. The van der Waals surface area contributed by atoms with Crippen LogP contribution >= 0.6 is 0 Å². The molecule has 1 rings (SSSR count). The van der Waals surface area contributed by atoms with E-state index in [-0.39, 0.29) is 5.91 Å². The van der Waals surface area contributed by atoms with E-state index >= 15 is 0 Å². The van der Waals surface area contributed by atoms with Crippen LogP contribution < -0.4 is 5.32 Å². The molecule has 0 saturated carbocycles. The van der Waals surface area contributed by atoms with Crippen molar-refractivity contribution in [2.75, 3.05) is 6.54 Å². The molecule has 0 aliphatic heterocycles. The van der Waals surface area contributed by atoms with E-state index in [0.717, 1.165) is 25.2 Å². The zero-order valence-electron chi connectivity index (χ0n) is 14.0. The summed E-state index contributed by atoms with van der Waals surface area (Å²) in [7, 11) is 0. The molecule has 0 aliphatic carbocycles. The second-order valence-electron chi connectivity index (χ2n) is 6.31. The average Bonchev–Trinajstić information content (AvgIpc) is 2.84. The Kier molecular flexibility index (Phi) is 7.40. The highest BCUT2D eigenvalue weighted by atomic mass is 16.5. The maximum Gasteiger partial charge on any atom is 0.227 e. The standard InChI is InChI=1S/C16H29N3O2/c1-6-7-14-18-16(21-19-14)9-8-15(20)17-10-13(11(2)3)12(4)5/h11-13H,6-10H2,1-5H3,(H,17,20). The first-order valence-corrected chi connectivity index (χ1v) is 8.02. The monoisotopic (exact) mass is 295 g/mol. The lowest BCUT2D eigenvalue weighted by Gasteiger charge is -2.25. The van der Waals surface area contributed by atoms with E-state index in [1.165, 1.54) is 0 Å². The zero-order valence-corrected chi connectivity index (χ0v) is 14.0. The summed E-state index contributed by atoms with van der Waals surface area (Å²) in [6.07, 6.45) is 2.72. The Hall–Kier alpha value is -1.39. The van der Waals surface area contributed by atoms with Gasteiger partial charge in [0.1, 0.15) is 0 Å². The number of rotatable bonds is 9. The third kappa shape index (κ3) is 6.27. The van der Waals surface area contributed by atoms with Crippen molar-refractivity contribution >= 4 is 5.91 Å². The van der Waals surface area contributed by atoms with Crippen LogP contribution in [0.5, 0.6) is 0 Å². The highest BCUT2D eigenvalue weighted by molar-refractivity contribution is 5.75. The van der Waals surface area contributed by atoms with Crippen molar-refractivity contribution < 1.29 is 9.32 Å². The zero-order chi connectivity index (χ0) is 15.8. The minimum atomic E-state index is 0.0524. The van der Waals surface area contributed by atoms with Gasteiger partial charge in [0.15, 0.2) is 5.82 Å². The molecule has 1 aromatic rings. The SMILES string of the molecule is CCCc1noc(CCC(=O)NCC(C(C)C)C(C)C)n1. The number of nitrogens with one attached hydrogen (secondary N) is 1. The van der Waals surface area contributed by atoms with Gasteiger partial charge in [-0.25, -0.2) is 0 Å². The summed E-state index contributed by atoms with van der Waals surface area (Å²) < 4.78 is 5.13. The lowest BCUT2D eigenvalue weighted by molar-refractivity contribution is -0.121. The molecular weight excluding hydrogens is 266 g/mol. The summed E-state index contributed by atoms with van der Waals surface area (Å²) in [5.74, 6) is 2.98. The van der Waals surface area contributed by atoms with E-state index in [9.17, 15) is 4.79 Å². The number of hydrogen-bond donors (Lipinski definition) is 1. The van der Waals surface area contributed by atoms with E-state index in [1.54, 1.807) is 0 Å². The number of carbonyl (C=O) groups is 1. The maximum absolute atomic E-state index is 11.9. The van der Waals surface area contributed by atoms with Crippen LogP contribution in [-0.4, -0.2) is 22.6 Å². The molecule has 0 aromatic carbocycles. The molecule has 1 heterocycles. The number of aromatic nitrogens is 2. The van der Waals surface area contributed by atoms with Crippen molar-refractivity contribution in [3.8, 4) is 0 Å². The van der Waals surface area contributed by atoms with Crippen LogP contribution in [0.15, 0.2) is 4.52 Å². The van der Waals surface area contributed by atoms with Crippen LogP contribution in [0.1, 0.15) is 59.2 Å². The summed E-state index contributed by atoms with van der Waals surface area (Å²) in [4.78, 5) is 16.2. The van der Waals surface area contributed by atoms with Crippen LogP contribution in [0, 0.1) is 17.8 Å². The van der Waals surface area contributed by atoms with Gasteiger partial charge in [-0.3, -0.25) is 4.79 Å². The van der Waals surface area contributed by atoms with Gasteiger partial charge in [0.05, 0.1) is 0 Å². The van der Waals surface area contributed by atoms with Crippen molar-refractivity contribution in [1.29, 1.82) is 0 Å². The summed E-state index contributed by atoms with van der Waals surface area (Å²) >= 11 is 0. The molecule has 5 heteroatoms. The molecule has 0 saturated heterocycles. The van der Waals surface area contributed by atoms with Crippen LogP contribution in [0.3, 0.4) is 0 Å². The number of amides is 1. The number of nitrogens with zero attached hydrogens (tertiary/aromatic N) is 2. The largest absolute Gasteiger partial charge is 0.356 e. The second kappa shape index (κ2) is 8.80. The normalized spacial score (nSPS) is 11.6. The van der Waals surface area contributed by atoms with Crippen molar-refractivity contribution in [2.45, 2.75) is 60.3 Å². The fraction of sp³-hybridized carbons (Fsp3) is 0.812. The number of carbonyl (C=O) groups excluding carboxylic acids is 1. The fourth-order valence-corrected chi connectivity index (χ4v) is 2.50. The Bertz CT molecular complexity index is 419. The van der Waals surface area contributed by atoms with E-state index in [2.05, 4.69) is 50.1 Å². The minimum absolute atomic E-state index is 0.0524. The van der Waals surface area contributed by atoms with Crippen molar-refractivity contribution in [1.82, 2.24) is 15.5 Å². The third-order valence-corrected chi connectivity index (χ3v) is 3.80. The highest BCUT2D eigenvalue weighted by Gasteiger charge is 2.18. The quantitative estimate of drug-likeness (QED) is 0.760. The van der Waals surface area contributed by atoms with E-state index in [0.29, 0.717) is 36.5 Å². The van der Waals surface area contributed by atoms with Gasteiger partial charge in [0, 0.05) is 25.8 Å². The van der Waals surface area contributed by atoms with Crippen LogP contribution in [-0.2, 0) is 17.6 Å². The van der Waals surface area contributed by atoms with Gasteiger partial charge in [-0.1, -0.05) is 39.8 Å². The van der Waals surface area contributed by atoms with Gasteiger partial charge in [-0.05, 0) is 24.2 Å². The molecule has 0 unspecified atom stereocenters. The molecule has 0 spiro atoms. The topological polar surface area (TPSA) is 68.0 Å². The van der Waals surface area contributed by atoms with Gasteiger partial charge in [0.2, 0.25) is 11.8 Å². The Morgan fingerprint density at radius 1 is 1.19 bits per heavy atom. The maximum atomic E-state index is 11.9. The Balaban J connectivity index is 2.33. The van der Waals surface area contributed by atoms with Gasteiger partial charge in [-0.15, -0.1) is 0 Å². The summed E-state index contributed by atoms with van der Waals surface area (Å²) in [6, 6.07) is 0. The van der Waals surface area contributed by atoms with Crippen molar-refractivity contribution in [3.63, 3.8) is 0 Å². The summed E-state index contributed by atoms with van der Waals surface area (Å²) in [6.45, 7) is 11.6. The van der Waals surface area contributed by atoms with Gasteiger partial charge < -0.3 is 9.84 Å². The Labute approximate surface area is 127 Å². The molecule has 120 valence electrons. The van der Waals surface area contributed by atoms with E-state index < -0.39 is 0 Å². The molecule has 1 aromatic heterocycles.